The lowest BCUT2D eigenvalue weighted by Gasteiger charge is -2.35. The van der Waals surface area contributed by atoms with E-state index in [0.717, 1.165) is 26.2 Å². The Balaban J connectivity index is 2.31. The zero-order chi connectivity index (χ0) is 9.68. The number of nitrogens with two attached hydrogens (primary N) is 2. The highest BCUT2D eigenvalue weighted by molar-refractivity contribution is 5.73. The quantitative estimate of drug-likeness (QED) is 0.478. The van der Waals surface area contributed by atoms with Crippen molar-refractivity contribution in [3.63, 3.8) is 0 Å². The monoisotopic (exact) mass is 186 g/mol. The summed E-state index contributed by atoms with van der Waals surface area (Å²) in [5, 5.41) is 3.27. The Bertz CT molecular complexity index is 174. The molecule has 0 bridgehead atoms. The fraction of sp³-hybridized carbons (Fsp3) is 0.875. The van der Waals surface area contributed by atoms with E-state index < -0.39 is 0 Å². The molecule has 5 N–H and O–H groups in total. The largest absolute Gasteiger partial charge is 0.370 e. The molecular weight excluding hydrogens is 168 g/mol. The maximum absolute atomic E-state index is 10.6. The van der Waals surface area contributed by atoms with Crippen LogP contribution in [0.4, 0.5) is 0 Å². The van der Waals surface area contributed by atoms with Crippen LogP contribution in [0.25, 0.3) is 0 Å². The van der Waals surface area contributed by atoms with Crippen molar-refractivity contribution in [1.29, 1.82) is 0 Å². The van der Waals surface area contributed by atoms with E-state index in [-0.39, 0.29) is 5.91 Å². The summed E-state index contributed by atoms with van der Waals surface area (Å²) in [5.41, 5.74) is 10.7. The molecule has 1 aliphatic heterocycles. The van der Waals surface area contributed by atoms with Crippen molar-refractivity contribution in [2.24, 2.45) is 11.5 Å². The molecule has 0 aromatic heterocycles. The van der Waals surface area contributed by atoms with Crippen LogP contribution < -0.4 is 16.8 Å². The van der Waals surface area contributed by atoms with E-state index in [1.807, 2.05) is 0 Å². The molecule has 1 unspecified atom stereocenters. The number of nitrogens with one attached hydrogen (secondary N) is 1. The molecule has 76 valence electrons. The van der Waals surface area contributed by atoms with E-state index >= 15 is 0 Å². The lowest BCUT2D eigenvalue weighted by Crippen LogP contribution is -2.54. The Kier molecular flexibility index (Phi) is 4.14. The van der Waals surface area contributed by atoms with E-state index in [1.165, 1.54) is 0 Å². The second kappa shape index (κ2) is 5.16. The first kappa shape index (κ1) is 10.4. The molecule has 0 spiro atoms. The maximum atomic E-state index is 10.6. The minimum atomic E-state index is -0.241. The van der Waals surface area contributed by atoms with Gasteiger partial charge in [-0.3, -0.25) is 9.69 Å². The molecule has 1 heterocycles. The number of hydrogen-bond donors (Lipinski definition) is 3. The maximum Gasteiger partial charge on any atom is 0.218 e. The van der Waals surface area contributed by atoms with Crippen molar-refractivity contribution < 1.29 is 4.79 Å². The van der Waals surface area contributed by atoms with Crippen molar-refractivity contribution in [2.45, 2.75) is 12.5 Å². The number of hydrogen-bond acceptors (Lipinski definition) is 4. The van der Waals surface area contributed by atoms with Crippen molar-refractivity contribution in [1.82, 2.24) is 10.2 Å². The molecule has 1 rings (SSSR count). The summed E-state index contributed by atoms with van der Waals surface area (Å²) in [7, 11) is 0. The average molecular weight is 186 g/mol. The molecule has 5 heteroatoms. The van der Waals surface area contributed by atoms with Gasteiger partial charge in [0.2, 0.25) is 5.91 Å². The smallest absolute Gasteiger partial charge is 0.218 e. The minimum Gasteiger partial charge on any atom is -0.370 e. The number of piperazine rings is 1. The summed E-state index contributed by atoms with van der Waals surface area (Å²) >= 11 is 0. The average Bonchev–Trinajstić information content (AvgIpc) is 2.15. The van der Waals surface area contributed by atoms with Crippen molar-refractivity contribution in [3.8, 4) is 0 Å². The van der Waals surface area contributed by atoms with Gasteiger partial charge in [-0.1, -0.05) is 0 Å². The fourth-order valence-corrected chi connectivity index (χ4v) is 1.58. The summed E-state index contributed by atoms with van der Waals surface area (Å²) in [6.45, 7) is 4.20. The number of rotatable bonds is 4. The summed E-state index contributed by atoms with van der Waals surface area (Å²) in [6.07, 6.45) is 0.427. The highest BCUT2D eigenvalue weighted by atomic mass is 16.1. The zero-order valence-corrected chi connectivity index (χ0v) is 7.83. The highest BCUT2D eigenvalue weighted by Crippen LogP contribution is 2.02. The highest BCUT2D eigenvalue weighted by Gasteiger charge is 2.20. The van der Waals surface area contributed by atoms with Gasteiger partial charge in [-0.05, 0) is 0 Å². The van der Waals surface area contributed by atoms with Crippen LogP contribution in [-0.4, -0.2) is 49.6 Å². The summed E-state index contributed by atoms with van der Waals surface area (Å²) < 4.78 is 0. The Morgan fingerprint density at radius 3 is 3.00 bits per heavy atom. The van der Waals surface area contributed by atoms with E-state index in [9.17, 15) is 4.79 Å². The van der Waals surface area contributed by atoms with Gasteiger partial charge in [-0.25, -0.2) is 0 Å². The Hall–Kier alpha value is -0.650. The van der Waals surface area contributed by atoms with Crippen LogP contribution in [0.3, 0.4) is 0 Å². The third kappa shape index (κ3) is 3.30. The van der Waals surface area contributed by atoms with Crippen molar-refractivity contribution in [2.75, 3.05) is 32.7 Å². The van der Waals surface area contributed by atoms with Crippen molar-refractivity contribution >= 4 is 5.91 Å². The van der Waals surface area contributed by atoms with Crippen LogP contribution in [0.15, 0.2) is 0 Å². The third-order valence-electron chi connectivity index (χ3n) is 2.39. The summed E-state index contributed by atoms with van der Waals surface area (Å²) in [4.78, 5) is 12.8. The topological polar surface area (TPSA) is 84.4 Å². The van der Waals surface area contributed by atoms with E-state index in [1.54, 1.807) is 0 Å². The van der Waals surface area contributed by atoms with Crippen molar-refractivity contribution in [3.05, 3.63) is 0 Å². The standard InChI is InChI=1S/C8H18N4O/c9-5-7-6-11-2-4-12(7)3-1-8(10)13/h7,11H,1-6,9H2,(H2,10,13). The van der Waals surface area contributed by atoms with Crippen LogP contribution in [0, 0.1) is 0 Å². The second-order valence-electron chi connectivity index (χ2n) is 3.35. The molecular formula is C8H18N4O. The number of primary amides is 1. The van der Waals surface area contributed by atoms with Gasteiger partial charge in [-0.2, -0.15) is 0 Å². The Morgan fingerprint density at radius 2 is 2.38 bits per heavy atom. The fourth-order valence-electron chi connectivity index (χ4n) is 1.58. The van der Waals surface area contributed by atoms with Gasteiger partial charge in [0.1, 0.15) is 0 Å². The molecule has 1 saturated heterocycles. The number of carbonyl (C=O) groups excluding carboxylic acids is 1. The van der Waals surface area contributed by atoms with E-state index in [2.05, 4.69) is 10.2 Å². The molecule has 0 radical (unpaired) electrons. The number of amides is 1. The summed E-state index contributed by atoms with van der Waals surface area (Å²) in [6, 6.07) is 0.355. The molecule has 0 aliphatic carbocycles. The molecule has 13 heavy (non-hydrogen) atoms. The zero-order valence-electron chi connectivity index (χ0n) is 7.83. The molecule has 1 atom stereocenters. The van der Waals surface area contributed by atoms with Gasteiger partial charge in [-0.15, -0.1) is 0 Å². The van der Waals surface area contributed by atoms with Gasteiger partial charge in [0.05, 0.1) is 0 Å². The van der Waals surface area contributed by atoms with Gasteiger partial charge in [0.25, 0.3) is 0 Å². The van der Waals surface area contributed by atoms with Gasteiger partial charge in [0.15, 0.2) is 0 Å². The lowest BCUT2D eigenvalue weighted by atomic mass is 10.2. The van der Waals surface area contributed by atoms with Crippen LogP contribution in [-0.2, 0) is 4.79 Å². The Labute approximate surface area is 78.4 Å². The van der Waals surface area contributed by atoms with Crippen LogP contribution >= 0.6 is 0 Å². The van der Waals surface area contributed by atoms with E-state index in [0.29, 0.717) is 19.0 Å². The number of carbonyl (C=O) groups is 1. The van der Waals surface area contributed by atoms with Gasteiger partial charge < -0.3 is 16.8 Å². The molecule has 0 aromatic carbocycles. The molecule has 5 nitrogen and oxygen atoms in total. The predicted molar refractivity (Wildman–Crippen MR) is 51.1 cm³/mol. The SMILES string of the molecule is NCC1CNCCN1CCC(N)=O. The third-order valence-corrected chi connectivity index (χ3v) is 2.39. The minimum absolute atomic E-state index is 0.241. The molecule has 0 aromatic rings. The molecule has 0 saturated carbocycles. The van der Waals surface area contributed by atoms with Crippen LogP contribution in [0.5, 0.6) is 0 Å². The molecule has 1 amide bonds. The number of nitrogens with zero attached hydrogens (tertiary/aromatic N) is 1. The first-order chi connectivity index (χ1) is 6.24. The van der Waals surface area contributed by atoms with Crippen LogP contribution in [0.1, 0.15) is 6.42 Å². The van der Waals surface area contributed by atoms with Gasteiger partial charge >= 0.3 is 0 Å². The second-order valence-corrected chi connectivity index (χ2v) is 3.35. The molecule has 1 fully saturated rings. The predicted octanol–water partition coefficient (Wildman–Crippen LogP) is -1.91. The van der Waals surface area contributed by atoms with Crippen LogP contribution in [0.2, 0.25) is 0 Å². The normalized spacial score (nSPS) is 24.5. The Morgan fingerprint density at radius 1 is 1.62 bits per heavy atom. The van der Waals surface area contributed by atoms with Gasteiger partial charge in [0, 0.05) is 45.2 Å². The first-order valence-electron chi connectivity index (χ1n) is 4.67. The lowest BCUT2D eigenvalue weighted by molar-refractivity contribution is -0.118. The van der Waals surface area contributed by atoms with E-state index in [4.69, 9.17) is 11.5 Å². The first-order valence-corrected chi connectivity index (χ1v) is 4.67. The molecule has 1 aliphatic rings. The summed E-state index contributed by atoms with van der Waals surface area (Å²) in [5.74, 6) is -0.241.